The fraction of sp³-hybridized carbons (Fsp3) is 0.333. The summed E-state index contributed by atoms with van der Waals surface area (Å²) in [6.07, 6.45) is 10.1. The molecule has 3 aromatic carbocycles. The smallest absolute Gasteiger partial charge is 0.527 e. The van der Waals surface area contributed by atoms with Crippen LogP contribution in [0.2, 0.25) is 0 Å². The third-order valence-electron chi connectivity index (χ3n) is 8.34. The summed E-state index contributed by atoms with van der Waals surface area (Å²) >= 11 is 0. The summed E-state index contributed by atoms with van der Waals surface area (Å²) in [5, 5.41) is 0. The number of aryl methyl sites for hydroxylation is 1. The number of rotatable bonds is 4. The number of ether oxygens (including phenoxy) is 1. The predicted octanol–water partition coefficient (Wildman–Crippen LogP) is 8.32. The van der Waals surface area contributed by atoms with Crippen LogP contribution in [0.15, 0.2) is 72.9 Å². The largest absolute Gasteiger partial charge is 3.00 e. The van der Waals surface area contributed by atoms with Gasteiger partial charge in [0, 0.05) is 11.9 Å². The van der Waals surface area contributed by atoms with E-state index in [9.17, 15) is 0 Å². The van der Waals surface area contributed by atoms with Gasteiger partial charge in [0.25, 0.3) is 0 Å². The molecule has 0 fully saturated rings. The second kappa shape index (κ2) is 11.5. The first kappa shape index (κ1) is 29.2. The predicted molar refractivity (Wildman–Crippen MR) is 160 cm³/mol. The Morgan fingerprint density at radius 3 is 2.49 bits per heavy atom. The third-order valence-corrected chi connectivity index (χ3v) is 8.34. The van der Waals surface area contributed by atoms with Crippen LogP contribution in [0.1, 0.15) is 71.4 Å². The average Bonchev–Trinajstić information content (AvgIpc) is 3.35. The van der Waals surface area contributed by atoms with Gasteiger partial charge >= 0.3 is 20.1 Å². The molecule has 3 heterocycles. The minimum Gasteiger partial charge on any atom is -0.527 e. The number of hydrogen-bond acceptors (Lipinski definition) is 2. The van der Waals surface area contributed by atoms with Crippen LogP contribution in [0, 0.1) is 18.5 Å². The van der Waals surface area contributed by atoms with E-state index in [0.29, 0.717) is 0 Å². The average molecular weight is 720 g/mol. The fourth-order valence-electron chi connectivity index (χ4n) is 5.82. The summed E-state index contributed by atoms with van der Waals surface area (Å²) in [6.45, 7) is 12.6. The van der Waals surface area contributed by atoms with E-state index in [0.717, 1.165) is 46.9 Å². The fourth-order valence-corrected chi connectivity index (χ4v) is 5.82. The van der Waals surface area contributed by atoms with E-state index in [1.165, 1.54) is 35.9 Å². The monoisotopic (exact) mass is 720 g/mol. The molecule has 0 saturated carbocycles. The minimum atomic E-state index is 0. The van der Waals surface area contributed by atoms with E-state index in [4.69, 9.17) is 4.74 Å². The summed E-state index contributed by atoms with van der Waals surface area (Å²) < 4.78 is 10.8. The van der Waals surface area contributed by atoms with Crippen LogP contribution in [0.4, 0.5) is 0 Å². The molecule has 7 rings (SSSR count). The van der Waals surface area contributed by atoms with E-state index >= 15 is 0 Å². The van der Waals surface area contributed by atoms with Crippen LogP contribution in [0.3, 0.4) is 0 Å². The number of fused-ring (bicyclic) bond motifs is 3. The maximum absolute atomic E-state index is 6.41. The van der Waals surface area contributed by atoms with E-state index in [1.54, 1.807) is 6.20 Å². The van der Waals surface area contributed by atoms with Crippen LogP contribution in [0.5, 0.6) is 11.5 Å². The van der Waals surface area contributed by atoms with Gasteiger partial charge in [-0.3, -0.25) is 0 Å². The Bertz CT molecular complexity index is 1620. The van der Waals surface area contributed by atoms with Gasteiger partial charge in [-0.05, 0) is 41.8 Å². The number of nitrogens with zero attached hydrogens (tertiary/aromatic N) is 3. The number of benzene rings is 3. The molecule has 0 radical (unpaired) electrons. The molecule has 2 aliphatic rings. The maximum atomic E-state index is 6.41. The molecule has 2 aromatic heterocycles. The first-order valence-corrected chi connectivity index (χ1v) is 14.4. The number of pyridine rings is 1. The Kier molecular flexibility index (Phi) is 8.23. The Balaban J connectivity index is 0.000000218. The van der Waals surface area contributed by atoms with Gasteiger partial charge in [0.1, 0.15) is 5.75 Å². The van der Waals surface area contributed by atoms with Crippen LogP contribution in [-0.2, 0) is 37.5 Å². The van der Waals surface area contributed by atoms with Gasteiger partial charge < -0.3 is 18.9 Å². The van der Waals surface area contributed by atoms with E-state index in [2.05, 4.69) is 91.5 Å². The molecule has 0 unspecified atom stereocenters. The molecular formula is C36H37IrN3O+. The van der Waals surface area contributed by atoms with Crippen molar-refractivity contribution in [1.29, 1.82) is 0 Å². The second-order valence-corrected chi connectivity index (χ2v) is 12.2. The Morgan fingerprint density at radius 2 is 1.76 bits per heavy atom. The van der Waals surface area contributed by atoms with E-state index in [-0.39, 0.29) is 30.9 Å². The molecule has 210 valence electrons. The molecule has 5 heteroatoms. The van der Waals surface area contributed by atoms with Gasteiger partial charge in [0.15, 0.2) is 0 Å². The van der Waals surface area contributed by atoms with Crippen molar-refractivity contribution >= 4 is 11.0 Å². The van der Waals surface area contributed by atoms with Crippen molar-refractivity contribution in [3.63, 3.8) is 0 Å². The zero-order valence-corrected chi connectivity index (χ0v) is 26.9. The molecule has 0 N–H and O–H groups in total. The van der Waals surface area contributed by atoms with E-state index < -0.39 is 0 Å². The molecular weight excluding hydrogens is 683 g/mol. The van der Waals surface area contributed by atoms with Gasteiger partial charge in [-0.2, -0.15) is 11.6 Å². The molecule has 0 spiro atoms. The third kappa shape index (κ3) is 5.50. The van der Waals surface area contributed by atoms with Crippen molar-refractivity contribution in [3.8, 4) is 28.4 Å². The van der Waals surface area contributed by atoms with Crippen molar-refractivity contribution in [2.75, 3.05) is 0 Å². The number of imidazole rings is 1. The first-order chi connectivity index (χ1) is 19.3. The quantitative estimate of drug-likeness (QED) is 0.136. The van der Waals surface area contributed by atoms with Gasteiger partial charge in [0.05, 0.1) is 17.6 Å². The zero-order valence-electron chi connectivity index (χ0n) is 24.5. The van der Waals surface area contributed by atoms with Crippen molar-refractivity contribution in [3.05, 3.63) is 103 Å². The molecule has 4 nitrogen and oxygen atoms in total. The van der Waals surface area contributed by atoms with Crippen LogP contribution < -0.4 is 9.30 Å². The number of aromatic nitrogens is 3. The van der Waals surface area contributed by atoms with Crippen LogP contribution in [-0.4, -0.2) is 9.55 Å². The minimum absolute atomic E-state index is 0. The van der Waals surface area contributed by atoms with Gasteiger partial charge in [-0.15, -0.1) is 47.5 Å². The zero-order chi connectivity index (χ0) is 27.9. The Morgan fingerprint density at radius 1 is 0.951 bits per heavy atom. The molecule has 0 amide bonds. The molecule has 0 atom stereocenters. The SMILES string of the molecule is CCCCn1[c-][n+]2c3c(cccc31)Oc1cc3c([c-]c1-2)C(C)(C)CCC3(C)C.[Ir+3].[c-]1ccccc1-c1ccccn1. The summed E-state index contributed by atoms with van der Waals surface area (Å²) in [6, 6.07) is 29.2. The summed E-state index contributed by atoms with van der Waals surface area (Å²) in [4.78, 5) is 4.22. The summed E-state index contributed by atoms with van der Waals surface area (Å²) in [5.74, 6) is 1.82. The van der Waals surface area contributed by atoms with Crippen molar-refractivity contribution in [2.24, 2.45) is 0 Å². The Labute approximate surface area is 257 Å². The topological polar surface area (TPSA) is 30.9 Å². The Hall–Kier alpha value is -3.27. The number of hydrogen-bond donors (Lipinski definition) is 0. The molecule has 5 aromatic rings. The molecule has 1 aliphatic heterocycles. The molecule has 0 saturated heterocycles. The van der Waals surface area contributed by atoms with Gasteiger partial charge in [-0.25, -0.2) is 0 Å². The normalized spacial score (nSPS) is 15.4. The standard InChI is InChI=1S/C25H29N2O.C11H8N.Ir/c1-6-7-13-26-16-27-20-14-17-18(25(4,5)12-11-24(17,2)3)15-22(20)28-21-10-8-9-19(26)23(21)27;1-2-6-10(7-3-1)11-8-4-5-9-12-11;/h8-10,15H,6-7,11-13H2,1-5H3;1-6,8-9H;/q2*-1;+3. The first-order valence-electron chi connectivity index (χ1n) is 14.4. The second-order valence-electron chi connectivity index (χ2n) is 12.2. The molecule has 41 heavy (non-hydrogen) atoms. The van der Waals surface area contributed by atoms with Gasteiger partial charge in [0.2, 0.25) is 6.33 Å². The van der Waals surface area contributed by atoms with Gasteiger partial charge in [-0.1, -0.05) is 77.1 Å². The van der Waals surface area contributed by atoms with Crippen LogP contribution in [0.25, 0.3) is 28.0 Å². The van der Waals surface area contributed by atoms with Crippen molar-refractivity contribution < 1.29 is 29.4 Å². The summed E-state index contributed by atoms with van der Waals surface area (Å²) in [7, 11) is 0. The number of unbranched alkanes of at least 4 members (excludes halogenated alkanes) is 1. The van der Waals surface area contributed by atoms with E-state index in [1.807, 2.05) is 42.5 Å². The molecule has 0 bridgehead atoms. The van der Waals surface area contributed by atoms with Crippen molar-refractivity contribution in [2.45, 2.75) is 77.7 Å². The molecule has 1 aliphatic carbocycles. The van der Waals surface area contributed by atoms with Crippen molar-refractivity contribution in [1.82, 2.24) is 9.55 Å². The summed E-state index contributed by atoms with van der Waals surface area (Å²) in [5.41, 5.74) is 8.29. The van der Waals surface area contributed by atoms with Crippen LogP contribution >= 0.6 is 0 Å². The maximum Gasteiger partial charge on any atom is 3.00 e. The number of para-hydroxylation sites is 1.